The van der Waals surface area contributed by atoms with Crippen molar-refractivity contribution in [3.63, 3.8) is 0 Å². The predicted molar refractivity (Wildman–Crippen MR) is 133 cm³/mol. The number of aliphatic hydroxyl groups is 2. The maximum Gasteiger partial charge on any atom is 0.407 e. The minimum absolute atomic E-state index is 0.00473. The highest BCUT2D eigenvalue weighted by Gasteiger charge is 2.29. The summed E-state index contributed by atoms with van der Waals surface area (Å²) in [6.45, 7) is 0.154. The van der Waals surface area contributed by atoms with E-state index in [1.165, 1.54) is 13.2 Å². The topological polar surface area (TPSA) is 131 Å². The van der Waals surface area contributed by atoms with Crippen molar-refractivity contribution in [2.45, 2.75) is 24.5 Å². The molecule has 3 N–H and O–H groups in total. The summed E-state index contributed by atoms with van der Waals surface area (Å²) < 4.78 is 10.4. The smallest absolute Gasteiger partial charge is 0.407 e. The molecule has 9 nitrogen and oxygen atoms in total. The van der Waals surface area contributed by atoms with Gasteiger partial charge in [0.05, 0.1) is 23.2 Å². The van der Waals surface area contributed by atoms with Crippen LogP contribution in [0.15, 0.2) is 60.7 Å². The molecule has 0 radical (unpaired) electrons. The highest BCUT2D eigenvalue weighted by Crippen LogP contribution is 2.44. The summed E-state index contributed by atoms with van der Waals surface area (Å²) in [4.78, 5) is 22.9. The van der Waals surface area contributed by atoms with E-state index < -0.39 is 23.2 Å². The molecule has 2 unspecified atom stereocenters. The van der Waals surface area contributed by atoms with E-state index in [1.807, 2.05) is 48.5 Å². The summed E-state index contributed by atoms with van der Waals surface area (Å²) in [6, 6.07) is 18.3. The molecule has 0 aliphatic heterocycles. The zero-order chi connectivity index (χ0) is 25.8. The summed E-state index contributed by atoms with van der Waals surface area (Å²) in [7, 11) is 1.26. The van der Waals surface area contributed by atoms with Gasteiger partial charge in [-0.05, 0) is 28.7 Å². The number of hydrogen-bond acceptors (Lipinski definition) is 7. The molecule has 0 fully saturated rings. The van der Waals surface area contributed by atoms with E-state index in [4.69, 9.17) is 21.1 Å². The highest BCUT2D eigenvalue weighted by molar-refractivity contribution is 6.31. The van der Waals surface area contributed by atoms with Crippen molar-refractivity contribution < 1.29 is 29.4 Å². The Hall–Kier alpha value is -3.66. The molecule has 10 heteroatoms. The van der Waals surface area contributed by atoms with Gasteiger partial charge in [-0.1, -0.05) is 60.1 Å². The van der Waals surface area contributed by atoms with E-state index in [0.29, 0.717) is 0 Å². The number of carbonyl (C=O) groups excluding carboxylic acids is 1. The molecule has 1 aliphatic rings. The Morgan fingerprint density at radius 2 is 1.72 bits per heavy atom. The van der Waals surface area contributed by atoms with E-state index in [1.54, 1.807) is 0 Å². The number of methoxy groups -OCH3 is 1. The van der Waals surface area contributed by atoms with E-state index >= 15 is 0 Å². The number of ether oxygens (including phenoxy) is 2. The van der Waals surface area contributed by atoms with Crippen molar-refractivity contribution >= 4 is 23.4 Å². The fourth-order valence-corrected chi connectivity index (χ4v) is 4.69. The molecular formula is C26H25ClN2O7. The first-order chi connectivity index (χ1) is 17.3. The van der Waals surface area contributed by atoms with Gasteiger partial charge in [0.1, 0.15) is 12.7 Å². The standard InChI is InChI=1S/C26H25ClN2O7/c1-35-24-13-21(27)19(12-22(24)29(33)34)25(31)23(30)10-11-28-26(32)36-14-20-17-8-4-2-6-15(17)16-7-3-5-9-18(16)20/h2-9,12-13,20,23,25,30-31H,10-11,14H2,1H3,(H,28,32). The molecule has 4 rings (SSSR count). The van der Waals surface area contributed by atoms with Crippen molar-refractivity contribution in [1.82, 2.24) is 5.32 Å². The number of aliphatic hydroxyl groups excluding tert-OH is 2. The summed E-state index contributed by atoms with van der Waals surface area (Å²) in [5, 5.41) is 34.7. The number of nitro groups is 1. The SMILES string of the molecule is COc1cc(Cl)c(C(O)C(O)CCNC(=O)OCC2c3ccccc3-c3ccccc32)cc1[N+](=O)[O-]. The number of amides is 1. The van der Waals surface area contributed by atoms with Crippen molar-refractivity contribution in [3.8, 4) is 16.9 Å². The van der Waals surface area contributed by atoms with E-state index in [2.05, 4.69) is 5.32 Å². The molecule has 36 heavy (non-hydrogen) atoms. The first-order valence-corrected chi connectivity index (χ1v) is 11.7. The Morgan fingerprint density at radius 1 is 1.11 bits per heavy atom. The average Bonchev–Trinajstić information content (AvgIpc) is 3.20. The number of rotatable bonds is 9. The fraction of sp³-hybridized carbons (Fsp3) is 0.269. The maximum atomic E-state index is 12.3. The average molecular weight is 513 g/mol. The monoisotopic (exact) mass is 512 g/mol. The number of halogens is 1. The van der Waals surface area contributed by atoms with Gasteiger partial charge in [-0.15, -0.1) is 0 Å². The highest BCUT2D eigenvalue weighted by atomic mass is 35.5. The number of nitrogens with one attached hydrogen (secondary N) is 1. The van der Waals surface area contributed by atoms with Crippen LogP contribution in [0.25, 0.3) is 11.1 Å². The summed E-state index contributed by atoms with van der Waals surface area (Å²) in [5.74, 6) is -0.143. The Labute approximate surface area is 212 Å². The summed E-state index contributed by atoms with van der Waals surface area (Å²) in [6.07, 6.45) is -3.55. The minimum Gasteiger partial charge on any atom is -0.490 e. The van der Waals surface area contributed by atoms with Crippen LogP contribution in [0.2, 0.25) is 5.02 Å². The van der Waals surface area contributed by atoms with E-state index in [0.717, 1.165) is 28.3 Å². The van der Waals surface area contributed by atoms with Crippen LogP contribution in [0.3, 0.4) is 0 Å². The van der Waals surface area contributed by atoms with Gasteiger partial charge in [-0.3, -0.25) is 10.1 Å². The normalized spacial score (nSPS) is 13.9. The maximum absolute atomic E-state index is 12.3. The third-order valence-corrected chi connectivity index (χ3v) is 6.56. The third-order valence-electron chi connectivity index (χ3n) is 6.23. The Kier molecular flexibility index (Phi) is 7.73. The number of alkyl carbamates (subject to hydrolysis) is 1. The molecule has 0 saturated carbocycles. The molecule has 3 aromatic rings. The first-order valence-electron chi connectivity index (χ1n) is 11.3. The van der Waals surface area contributed by atoms with Crippen LogP contribution in [0.1, 0.15) is 35.1 Å². The van der Waals surface area contributed by atoms with Gasteiger partial charge < -0.3 is 25.0 Å². The summed E-state index contributed by atoms with van der Waals surface area (Å²) in [5.41, 5.74) is 4.03. The summed E-state index contributed by atoms with van der Waals surface area (Å²) >= 11 is 6.12. The van der Waals surface area contributed by atoms with Gasteiger partial charge in [-0.2, -0.15) is 0 Å². The predicted octanol–water partition coefficient (Wildman–Crippen LogP) is 4.58. The quantitative estimate of drug-likeness (QED) is 0.282. The molecule has 188 valence electrons. The second-order valence-corrected chi connectivity index (χ2v) is 8.76. The van der Waals surface area contributed by atoms with Crippen molar-refractivity contribution in [3.05, 3.63) is 92.5 Å². The molecule has 1 amide bonds. The Bertz CT molecular complexity index is 1240. The lowest BCUT2D eigenvalue weighted by Gasteiger charge is -2.20. The van der Waals surface area contributed by atoms with E-state index in [9.17, 15) is 25.1 Å². The molecule has 2 atom stereocenters. The lowest BCUT2D eigenvalue weighted by Crippen LogP contribution is -2.30. The van der Waals surface area contributed by atoms with E-state index in [-0.39, 0.29) is 47.5 Å². The fourth-order valence-electron chi connectivity index (χ4n) is 4.43. The Morgan fingerprint density at radius 3 is 2.31 bits per heavy atom. The van der Waals surface area contributed by atoms with Crippen LogP contribution in [-0.2, 0) is 4.74 Å². The molecule has 0 heterocycles. The van der Waals surface area contributed by atoms with Crippen molar-refractivity contribution in [1.29, 1.82) is 0 Å². The molecule has 0 spiro atoms. The first kappa shape index (κ1) is 25.4. The number of benzene rings is 3. The van der Waals surface area contributed by atoms with Crippen LogP contribution in [-0.4, -0.2) is 47.6 Å². The number of hydrogen-bond donors (Lipinski definition) is 3. The number of nitrogens with zero attached hydrogens (tertiary/aromatic N) is 1. The molecular weight excluding hydrogens is 488 g/mol. The molecule has 0 bridgehead atoms. The third kappa shape index (κ3) is 5.13. The van der Waals surface area contributed by atoms with Gasteiger partial charge in [0.2, 0.25) is 0 Å². The van der Waals surface area contributed by atoms with Gasteiger partial charge in [0.25, 0.3) is 0 Å². The Balaban J connectivity index is 1.32. The largest absolute Gasteiger partial charge is 0.490 e. The van der Waals surface area contributed by atoms with Crippen LogP contribution in [0.4, 0.5) is 10.5 Å². The van der Waals surface area contributed by atoms with Gasteiger partial charge in [0, 0.05) is 30.2 Å². The van der Waals surface area contributed by atoms with Crippen LogP contribution in [0.5, 0.6) is 5.75 Å². The lowest BCUT2D eigenvalue weighted by atomic mass is 9.98. The number of carbonyl (C=O) groups is 1. The number of nitro benzene ring substituents is 1. The second-order valence-electron chi connectivity index (χ2n) is 8.36. The van der Waals surface area contributed by atoms with Crippen LogP contribution in [0, 0.1) is 10.1 Å². The minimum atomic E-state index is -1.51. The van der Waals surface area contributed by atoms with Crippen LogP contribution >= 0.6 is 11.6 Å². The second kappa shape index (κ2) is 10.9. The molecule has 0 aromatic heterocycles. The van der Waals surface area contributed by atoms with Crippen molar-refractivity contribution in [2.75, 3.05) is 20.3 Å². The zero-order valence-electron chi connectivity index (χ0n) is 19.4. The van der Waals surface area contributed by atoms with Gasteiger partial charge in [0.15, 0.2) is 5.75 Å². The number of fused-ring (bicyclic) bond motifs is 3. The van der Waals surface area contributed by atoms with Crippen molar-refractivity contribution in [2.24, 2.45) is 0 Å². The lowest BCUT2D eigenvalue weighted by molar-refractivity contribution is -0.385. The van der Waals surface area contributed by atoms with Gasteiger partial charge >= 0.3 is 11.8 Å². The molecule has 1 aliphatic carbocycles. The molecule has 0 saturated heterocycles. The van der Waals surface area contributed by atoms with Gasteiger partial charge in [-0.25, -0.2) is 4.79 Å². The zero-order valence-corrected chi connectivity index (χ0v) is 20.1. The van der Waals surface area contributed by atoms with Crippen LogP contribution < -0.4 is 10.1 Å². The molecule has 3 aromatic carbocycles.